The van der Waals surface area contributed by atoms with Gasteiger partial charge in [0.25, 0.3) is 11.2 Å². The van der Waals surface area contributed by atoms with E-state index in [0.717, 1.165) is 5.56 Å². The lowest BCUT2D eigenvalue weighted by Gasteiger charge is -2.26. The number of thiazole rings is 1. The number of ether oxygens (including phenoxy) is 4. The summed E-state index contributed by atoms with van der Waals surface area (Å²) in [6.45, 7) is 3.76. The smallest absolute Gasteiger partial charge is 0.338 e. The number of nitro benzene ring substituents is 1. The van der Waals surface area contributed by atoms with Gasteiger partial charge in [0.2, 0.25) is 0 Å². The van der Waals surface area contributed by atoms with Crippen LogP contribution >= 0.6 is 59.1 Å². The van der Waals surface area contributed by atoms with E-state index in [4.69, 9.17) is 18.9 Å². The first-order valence-corrected chi connectivity index (χ1v) is 17.1. The normalized spacial score (nSPS) is 14.4. The zero-order chi connectivity index (χ0) is 34.0. The number of esters is 1. The molecular weight excluding hydrogens is 826 g/mol. The molecule has 0 spiro atoms. The first-order valence-electron chi connectivity index (χ1n) is 13.9. The number of methoxy groups -OCH3 is 2. The predicted octanol–water partition coefficient (Wildman–Crippen LogP) is 6.59. The summed E-state index contributed by atoms with van der Waals surface area (Å²) in [5, 5.41) is 10.9. The number of allylic oxidation sites excluding steroid dienone is 1. The Morgan fingerprint density at radius 2 is 1.68 bits per heavy atom. The Morgan fingerprint density at radius 3 is 2.28 bits per heavy atom. The predicted molar refractivity (Wildman–Crippen MR) is 187 cm³/mol. The van der Waals surface area contributed by atoms with Gasteiger partial charge in [0.15, 0.2) is 16.3 Å². The number of carbonyl (C=O) groups is 1. The average molecular weight is 852 g/mol. The van der Waals surface area contributed by atoms with Crippen molar-refractivity contribution in [3.05, 3.63) is 120 Å². The molecular formula is C32H26Br3N3O8S. The SMILES string of the molecule is CCOC(=O)C1=C(C)N=c2s/c(=C\c3cc(Br)c(OCc4ccc([N+](=O)[O-])cc4)c(Br)c3)c(=O)n2[C@H]1c1cc(OC)c(OC)cc1Br. The molecule has 4 aromatic rings. The molecule has 244 valence electrons. The molecule has 3 aromatic carbocycles. The second kappa shape index (κ2) is 14.5. The molecule has 47 heavy (non-hydrogen) atoms. The van der Waals surface area contributed by atoms with Crippen LogP contribution in [0.1, 0.15) is 36.6 Å². The van der Waals surface area contributed by atoms with Gasteiger partial charge in [-0.2, -0.15) is 0 Å². The number of nitrogens with zero attached hydrogens (tertiary/aromatic N) is 3. The maximum absolute atomic E-state index is 14.1. The van der Waals surface area contributed by atoms with Gasteiger partial charge in [-0.3, -0.25) is 19.5 Å². The molecule has 0 radical (unpaired) electrons. The minimum Gasteiger partial charge on any atom is -0.493 e. The zero-order valence-corrected chi connectivity index (χ0v) is 30.9. The quantitative estimate of drug-likeness (QED) is 0.0993. The topological polar surface area (TPSA) is 131 Å². The Hall–Kier alpha value is -3.79. The molecule has 1 aliphatic rings. The van der Waals surface area contributed by atoms with E-state index >= 15 is 0 Å². The lowest BCUT2D eigenvalue weighted by atomic mass is 9.95. The van der Waals surface area contributed by atoms with Crippen LogP contribution in [0, 0.1) is 10.1 Å². The first-order chi connectivity index (χ1) is 22.5. The number of fused-ring (bicyclic) bond motifs is 1. The van der Waals surface area contributed by atoms with Gasteiger partial charge in [0.1, 0.15) is 12.4 Å². The number of benzene rings is 3. The Balaban J connectivity index is 1.56. The van der Waals surface area contributed by atoms with Crippen molar-refractivity contribution in [3.8, 4) is 17.2 Å². The summed E-state index contributed by atoms with van der Waals surface area (Å²) in [5.74, 6) is 0.850. The van der Waals surface area contributed by atoms with Crippen molar-refractivity contribution in [1.82, 2.24) is 4.57 Å². The summed E-state index contributed by atoms with van der Waals surface area (Å²) in [7, 11) is 3.03. The summed E-state index contributed by atoms with van der Waals surface area (Å²) in [6, 6.07) is 12.3. The highest BCUT2D eigenvalue weighted by Crippen LogP contribution is 2.41. The number of non-ortho nitro benzene ring substituents is 1. The van der Waals surface area contributed by atoms with Crippen molar-refractivity contribution in [2.45, 2.75) is 26.5 Å². The number of nitro groups is 1. The van der Waals surface area contributed by atoms with Gasteiger partial charge in [-0.15, -0.1) is 0 Å². The summed E-state index contributed by atoms with van der Waals surface area (Å²) in [6.07, 6.45) is 1.74. The Bertz CT molecular complexity index is 2090. The van der Waals surface area contributed by atoms with E-state index in [1.165, 1.54) is 42.3 Å². The van der Waals surface area contributed by atoms with Crippen LogP contribution in [0.25, 0.3) is 6.08 Å². The highest BCUT2D eigenvalue weighted by molar-refractivity contribution is 9.11. The van der Waals surface area contributed by atoms with Crippen molar-refractivity contribution in [2.75, 3.05) is 20.8 Å². The highest BCUT2D eigenvalue weighted by Gasteiger charge is 2.35. The molecule has 0 aliphatic carbocycles. The zero-order valence-electron chi connectivity index (χ0n) is 25.3. The monoisotopic (exact) mass is 849 g/mol. The number of aromatic nitrogens is 1. The van der Waals surface area contributed by atoms with Gasteiger partial charge in [-0.05, 0) is 105 Å². The first kappa shape index (κ1) is 34.5. The third kappa shape index (κ3) is 7.08. The number of hydrogen-bond acceptors (Lipinski definition) is 10. The maximum atomic E-state index is 14.1. The second-order valence-electron chi connectivity index (χ2n) is 10.1. The fraction of sp³-hybridized carbons (Fsp3) is 0.219. The number of carbonyl (C=O) groups excluding carboxylic acids is 1. The molecule has 1 aromatic heterocycles. The van der Waals surface area contributed by atoms with E-state index in [-0.39, 0.29) is 30.0 Å². The summed E-state index contributed by atoms with van der Waals surface area (Å²) in [5.41, 5.74) is 2.37. The van der Waals surface area contributed by atoms with E-state index in [0.29, 0.717) is 56.8 Å². The van der Waals surface area contributed by atoms with Crippen LogP contribution in [0.2, 0.25) is 0 Å². The maximum Gasteiger partial charge on any atom is 0.338 e. The van der Waals surface area contributed by atoms with Crippen LogP contribution in [0.15, 0.2) is 83.0 Å². The minimum absolute atomic E-state index is 0.000650. The number of rotatable bonds is 10. The van der Waals surface area contributed by atoms with Crippen LogP contribution < -0.4 is 29.1 Å². The van der Waals surface area contributed by atoms with Crippen LogP contribution in [-0.2, 0) is 16.1 Å². The molecule has 0 unspecified atom stereocenters. The fourth-order valence-electron chi connectivity index (χ4n) is 4.99. The molecule has 5 rings (SSSR count). The molecule has 0 saturated heterocycles. The largest absolute Gasteiger partial charge is 0.493 e. The van der Waals surface area contributed by atoms with E-state index in [2.05, 4.69) is 52.8 Å². The molecule has 11 nitrogen and oxygen atoms in total. The van der Waals surface area contributed by atoms with Crippen molar-refractivity contribution in [2.24, 2.45) is 4.99 Å². The molecule has 0 fully saturated rings. The third-order valence-electron chi connectivity index (χ3n) is 7.16. The van der Waals surface area contributed by atoms with Crippen LogP contribution in [-0.4, -0.2) is 36.3 Å². The third-order valence-corrected chi connectivity index (χ3v) is 10.0. The number of hydrogen-bond donors (Lipinski definition) is 0. The van der Waals surface area contributed by atoms with Crippen LogP contribution in [0.4, 0.5) is 5.69 Å². The molecule has 15 heteroatoms. The molecule has 0 amide bonds. The Morgan fingerprint density at radius 1 is 1.04 bits per heavy atom. The molecule has 0 saturated carbocycles. The lowest BCUT2D eigenvalue weighted by molar-refractivity contribution is -0.384. The van der Waals surface area contributed by atoms with Gasteiger partial charge in [0.05, 0.1) is 56.5 Å². The van der Waals surface area contributed by atoms with E-state index in [1.807, 2.05) is 12.1 Å². The van der Waals surface area contributed by atoms with Crippen LogP contribution in [0.5, 0.6) is 17.2 Å². The summed E-state index contributed by atoms with van der Waals surface area (Å²) in [4.78, 5) is 43.0. The van der Waals surface area contributed by atoms with E-state index < -0.39 is 16.9 Å². The van der Waals surface area contributed by atoms with Gasteiger partial charge in [-0.25, -0.2) is 9.79 Å². The van der Waals surface area contributed by atoms with Gasteiger partial charge < -0.3 is 18.9 Å². The Labute approximate surface area is 297 Å². The summed E-state index contributed by atoms with van der Waals surface area (Å²) >= 11 is 11.9. The Kier molecular flexibility index (Phi) is 10.7. The van der Waals surface area contributed by atoms with Gasteiger partial charge in [0, 0.05) is 16.6 Å². The molecule has 1 atom stereocenters. The second-order valence-corrected chi connectivity index (χ2v) is 13.6. The van der Waals surface area contributed by atoms with Crippen molar-refractivity contribution < 1.29 is 28.7 Å². The fourth-order valence-corrected chi connectivity index (χ4v) is 8.02. The van der Waals surface area contributed by atoms with E-state index in [1.54, 1.807) is 44.2 Å². The molecule has 1 aliphatic heterocycles. The lowest BCUT2D eigenvalue weighted by Crippen LogP contribution is -2.40. The van der Waals surface area contributed by atoms with Gasteiger partial charge in [-0.1, -0.05) is 27.3 Å². The molecule has 2 heterocycles. The minimum atomic E-state index is -0.865. The number of halogens is 3. The summed E-state index contributed by atoms with van der Waals surface area (Å²) < 4.78 is 26.1. The van der Waals surface area contributed by atoms with Crippen LogP contribution in [0.3, 0.4) is 0 Å². The van der Waals surface area contributed by atoms with Gasteiger partial charge >= 0.3 is 5.97 Å². The highest BCUT2D eigenvalue weighted by atomic mass is 79.9. The molecule has 0 N–H and O–H groups in total. The standard InChI is InChI=1S/C32H26Br3N3O8S/c1-5-45-31(40)27-16(2)36-32-37(28(27)20-13-24(43-3)25(44-4)14-21(20)33)30(39)26(47-32)12-18-10-22(34)29(23(35)11-18)46-15-17-6-8-19(9-7-17)38(41)42/h6-14,28H,5,15H2,1-4H3/b26-12-/t28-/m0/s1. The van der Waals surface area contributed by atoms with Crippen molar-refractivity contribution in [3.63, 3.8) is 0 Å². The van der Waals surface area contributed by atoms with Crippen molar-refractivity contribution in [1.29, 1.82) is 0 Å². The van der Waals surface area contributed by atoms with E-state index in [9.17, 15) is 19.7 Å². The van der Waals surface area contributed by atoms with Crippen molar-refractivity contribution >= 4 is 76.9 Å². The molecule has 0 bridgehead atoms. The average Bonchev–Trinajstić information content (AvgIpc) is 3.33.